The predicted octanol–water partition coefficient (Wildman–Crippen LogP) is 1.93. The summed E-state index contributed by atoms with van der Waals surface area (Å²) in [6.45, 7) is 10.0. The largest absolute Gasteiger partial charge is 0.480 e. The second kappa shape index (κ2) is 7.14. The van der Waals surface area contributed by atoms with E-state index in [2.05, 4.69) is 5.32 Å². The molecule has 0 aromatic carbocycles. The average molecular weight is 244 g/mol. The normalized spacial score (nSPS) is 12.6. The first kappa shape index (κ1) is 15.7. The third kappa shape index (κ3) is 5.06. The summed E-state index contributed by atoms with van der Waals surface area (Å²) in [4.78, 5) is 24.6. The third-order valence-electron chi connectivity index (χ3n) is 2.56. The van der Waals surface area contributed by atoms with Gasteiger partial charge in [-0.3, -0.25) is 0 Å². The lowest BCUT2D eigenvalue weighted by Gasteiger charge is -2.29. The van der Waals surface area contributed by atoms with Gasteiger partial charge in [0.05, 0.1) is 0 Å². The lowest BCUT2D eigenvalue weighted by molar-refractivity contribution is -0.140. The molecule has 0 spiro atoms. The number of carboxylic acids is 1. The van der Waals surface area contributed by atoms with Crippen molar-refractivity contribution in [2.75, 3.05) is 6.54 Å². The minimum atomic E-state index is -0.992. The number of nitrogens with zero attached hydrogens (tertiary/aromatic N) is 1. The van der Waals surface area contributed by atoms with Crippen molar-refractivity contribution in [1.82, 2.24) is 10.2 Å². The first-order valence-corrected chi connectivity index (χ1v) is 6.11. The van der Waals surface area contributed by atoms with Gasteiger partial charge in [0.1, 0.15) is 6.04 Å². The molecule has 2 amide bonds. The van der Waals surface area contributed by atoms with E-state index in [0.717, 1.165) is 6.42 Å². The van der Waals surface area contributed by atoms with Crippen molar-refractivity contribution in [2.45, 2.75) is 53.1 Å². The van der Waals surface area contributed by atoms with Crippen molar-refractivity contribution >= 4 is 12.0 Å². The summed E-state index contributed by atoms with van der Waals surface area (Å²) in [6, 6.07) is -1.07. The Hall–Kier alpha value is -1.26. The molecule has 0 bridgehead atoms. The Labute approximate surface area is 103 Å². The van der Waals surface area contributed by atoms with Crippen LogP contribution in [0.4, 0.5) is 4.79 Å². The van der Waals surface area contributed by atoms with Gasteiger partial charge in [0, 0.05) is 12.6 Å². The molecule has 0 saturated carbocycles. The van der Waals surface area contributed by atoms with E-state index >= 15 is 0 Å². The molecule has 0 saturated heterocycles. The van der Waals surface area contributed by atoms with Crippen molar-refractivity contribution in [1.29, 1.82) is 0 Å². The highest BCUT2D eigenvalue weighted by molar-refractivity contribution is 5.82. The van der Waals surface area contributed by atoms with Crippen LogP contribution < -0.4 is 5.32 Å². The molecular formula is C12H24N2O3. The molecule has 0 rings (SSSR count). The second-order valence-electron chi connectivity index (χ2n) is 4.80. The molecule has 2 N–H and O–H groups in total. The zero-order chi connectivity index (χ0) is 13.6. The van der Waals surface area contributed by atoms with E-state index in [9.17, 15) is 9.59 Å². The maximum Gasteiger partial charge on any atom is 0.326 e. The summed E-state index contributed by atoms with van der Waals surface area (Å²) in [6.07, 6.45) is 0.852. The smallest absolute Gasteiger partial charge is 0.326 e. The van der Waals surface area contributed by atoms with Gasteiger partial charge in [-0.25, -0.2) is 9.59 Å². The van der Waals surface area contributed by atoms with Gasteiger partial charge in [-0.05, 0) is 26.2 Å². The van der Waals surface area contributed by atoms with Crippen molar-refractivity contribution in [3.05, 3.63) is 0 Å². The van der Waals surface area contributed by atoms with E-state index in [0.29, 0.717) is 6.54 Å². The van der Waals surface area contributed by atoms with Crippen molar-refractivity contribution in [2.24, 2.45) is 5.92 Å². The predicted molar refractivity (Wildman–Crippen MR) is 66.9 cm³/mol. The molecule has 0 aromatic heterocycles. The monoisotopic (exact) mass is 244 g/mol. The van der Waals surface area contributed by atoms with Gasteiger partial charge in [-0.2, -0.15) is 0 Å². The molecule has 1 atom stereocenters. The number of aliphatic carboxylic acids is 1. The van der Waals surface area contributed by atoms with E-state index in [1.54, 1.807) is 18.7 Å². The van der Waals surface area contributed by atoms with Crippen LogP contribution >= 0.6 is 0 Å². The number of carboxylic acid groups (broad SMARTS) is 1. The zero-order valence-electron chi connectivity index (χ0n) is 11.4. The van der Waals surface area contributed by atoms with Crippen LogP contribution in [-0.2, 0) is 4.79 Å². The summed E-state index contributed by atoms with van der Waals surface area (Å²) in [5.41, 5.74) is 0. The average Bonchev–Trinajstić information content (AvgIpc) is 2.20. The molecule has 0 radical (unpaired) electrons. The lowest BCUT2D eigenvalue weighted by atomic mass is 10.1. The van der Waals surface area contributed by atoms with E-state index in [4.69, 9.17) is 5.11 Å². The summed E-state index contributed by atoms with van der Waals surface area (Å²) in [7, 11) is 0. The highest BCUT2D eigenvalue weighted by atomic mass is 16.4. The van der Waals surface area contributed by atoms with Gasteiger partial charge in [0.25, 0.3) is 0 Å². The molecule has 5 nitrogen and oxygen atoms in total. The Bertz CT molecular complexity index is 264. The van der Waals surface area contributed by atoms with Crippen molar-refractivity contribution in [3.63, 3.8) is 0 Å². The molecule has 17 heavy (non-hydrogen) atoms. The Morgan fingerprint density at radius 2 is 1.76 bits per heavy atom. The molecule has 0 heterocycles. The Kier molecular flexibility index (Phi) is 6.61. The number of carbonyl (C=O) groups is 2. The third-order valence-corrected chi connectivity index (χ3v) is 2.56. The molecular weight excluding hydrogens is 220 g/mol. The topological polar surface area (TPSA) is 69.6 Å². The van der Waals surface area contributed by atoms with E-state index in [1.165, 1.54) is 0 Å². The highest BCUT2D eigenvalue weighted by Crippen LogP contribution is 2.05. The molecule has 0 fully saturated rings. The summed E-state index contributed by atoms with van der Waals surface area (Å²) in [5, 5.41) is 11.6. The number of hydrogen-bond donors (Lipinski definition) is 2. The maximum absolute atomic E-state index is 11.9. The molecule has 100 valence electrons. The van der Waals surface area contributed by atoms with Gasteiger partial charge in [0.15, 0.2) is 0 Å². The second-order valence-corrected chi connectivity index (χ2v) is 4.80. The van der Waals surface area contributed by atoms with Crippen LogP contribution in [0.3, 0.4) is 0 Å². The molecule has 0 aliphatic rings. The van der Waals surface area contributed by atoms with Crippen molar-refractivity contribution < 1.29 is 14.7 Å². The Morgan fingerprint density at radius 1 is 1.24 bits per heavy atom. The van der Waals surface area contributed by atoms with E-state index < -0.39 is 12.0 Å². The first-order chi connectivity index (χ1) is 7.81. The van der Waals surface area contributed by atoms with Crippen molar-refractivity contribution in [3.8, 4) is 0 Å². The SMILES string of the molecule is CCCN(C(=O)N[C@H](C(=O)O)C(C)C)C(C)C. The molecule has 0 aliphatic heterocycles. The standard InChI is InChI=1S/C12H24N2O3/c1-6-7-14(9(4)5)12(17)13-10(8(2)3)11(15)16/h8-10H,6-7H2,1-5H3,(H,13,17)(H,15,16)/t10-/m0/s1. The Morgan fingerprint density at radius 3 is 2.06 bits per heavy atom. The minimum Gasteiger partial charge on any atom is -0.480 e. The molecule has 0 aliphatic carbocycles. The molecule has 0 aromatic rings. The van der Waals surface area contributed by atoms with Gasteiger partial charge < -0.3 is 15.3 Å². The number of nitrogens with one attached hydrogen (secondary N) is 1. The van der Waals surface area contributed by atoms with Crippen LogP contribution in [0.2, 0.25) is 0 Å². The number of amides is 2. The van der Waals surface area contributed by atoms with E-state index in [1.807, 2.05) is 20.8 Å². The van der Waals surface area contributed by atoms with Gasteiger partial charge in [-0.15, -0.1) is 0 Å². The fourth-order valence-corrected chi connectivity index (χ4v) is 1.56. The van der Waals surface area contributed by atoms with Gasteiger partial charge in [0.2, 0.25) is 0 Å². The van der Waals surface area contributed by atoms with Crippen LogP contribution in [0.25, 0.3) is 0 Å². The van der Waals surface area contributed by atoms with Crippen LogP contribution in [0.5, 0.6) is 0 Å². The quantitative estimate of drug-likeness (QED) is 0.750. The molecule has 5 heteroatoms. The number of urea groups is 1. The lowest BCUT2D eigenvalue weighted by Crippen LogP contribution is -2.52. The van der Waals surface area contributed by atoms with Gasteiger partial charge >= 0.3 is 12.0 Å². The first-order valence-electron chi connectivity index (χ1n) is 6.11. The van der Waals surface area contributed by atoms with Crippen LogP contribution in [0.15, 0.2) is 0 Å². The summed E-state index contributed by atoms with van der Waals surface area (Å²) < 4.78 is 0. The fourth-order valence-electron chi connectivity index (χ4n) is 1.56. The maximum atomic E-state index is 11.9. The zero-order valence-corrected chi connectivity index (χ0v) is 11.4. The van der Waals surface area contributed by atoms with Crippen LogP contribution in [0, 0.1) is 5.92 Å². The summed E-state index contributed by atoms with van der Waals surface area (Å²) in [5.74, 6) is -1.12. The highest BCUT2D eigenvalue weighted by Gasteiger charge is 2.26. The Balaban J connectivity index is 4.62. The van der Waals surface area contributed by atoms with Gasteiger partial charge in [-0.1, -0.05) is 20.8 Å². The van der Waals surface area contributed by atoms with Crippen LogP contribution in [-0.4, -0.2) is 40.6 Å². The summed E-state index contributed by atoms with van der Waals surface area (Å²) >= 11 is 0. The van der Waals surface area contributed by atoms with E-state index in [-0.39, 0.29) is 18.0 Å². The number of rotatable bonds is 6. The number of carbonyl (C=O) groups excluding carboxylic acids is 1. The molecule has 0 unspecified atom stereocenters. The van der Waals surface area contributed by atoms with Crippen LogP contribution in [0.1, 0.15) is 41.0 Å². The number of hydrogen-bond acceptors (Lipinski definition) is 2. The minimum absolute atomic E-state index is 0.0663. The fraction of sp³-hybridized carbons (Fsp3) is 0.833.